The standard InChI is InChI=1S/C9H10N2O/c1-6-7(2)9(11-5-12)4-10-8(6)3/h4H,1-3H3. The molecule has 0 aliphatic rings. The fourth-order valence-electron chi connectivity index (χ4n) is 0.977. The van der Waals surface area contributed by atoms with Crippen LogP contribution in [-0.2, 0) is 4.79 Å². The van der Waals surface area contributed by atoms with Crippen LogP contribution in [0, 0.1) is 20.8 Å². The van der Waals surface area contributed by atoms with Gasteiger partial charge in [-0.25, -0.2) is 4.79 Å². The van der Waals surface area contributed by atoms with Gasteiger partial charge in [-0.3, -0.25) is 4.98 Å². The quantitative estimate of drug-likeness (QED) is 0.468. The van der Waals surface area contributed by atoms with Crippen LogP contribution in [-0.4, -0.2) is 11.1 Å². The molecule has 0 aliphatic heterocycles. The van der Waals surface area contributed by atoms with E-state index in [1.807, 2.05) is 20.8 Å². The molecular formula is C9H10N2O. The summed E-state index contributed by atoms with van der Waals surface area (Å²) in [6, 6.07) is 0. The number of pyridine rings is 1. The third-order valence-corrected chi connectivity index (χ3v) is 2.04. The molecule has 12 heavy (non-hydrogen) atoms. The lowest BCUT2D eigenvalue weighted by molar-refractivity contribution is 0.565. The van der Waals surface area contributed by atoms with Gasteiger partial charge in [0.25, 0.3) is 0 Å². The van der Waals surface area contributed by atoms with Crippen LogP contribution < -0.4 is 0 Å². The minimum absolute atomic E-state index is 0.605. The van der Waals surface area contributed by atoms with Crippen molar-refractivity contribution in [2.24, 2.45) is 4.99 Å². The summed E-state index contributed by atoms with van der Waals surface area (Å²) in [4.78, 5) is 17.6. The van der Waals surface area contributed by atoms with Gasteiger partial charge in [0.1, 0.15) is 0 Å². The maximum absolute atomic E-state index is 10.0. The van der Waals surface area contributed by atoms with Gasteiger partial charge in [0.2, 0.25) is 6.08 Å². The Morgan fingerprint density at radius 3 is 2.58 bits per heavy atom. The van der Waals surface area contributed by atoms with Crippen LogP contribution in [0.15, 0.2) is 11.2 Å². The molecule has 3 heteroatoms. The van der Waals surface area contributed by atoms with E-state index in [2.05, 4.69) is 9.98 Å². The van der Waals surface area contributed by atoms with Crippen molar-refractivity contribution in [2.45, 2.75) is 20.8 Å². The Balaban J connectivity index is 3.35. The van der Waals surface area contributed by atoms with E-state index in [1.165, 1.54) is 6.08 Å². The second-order valence-electron chi connectivity index (χ2n) is 2.68. The van der Waals surface area contributed by atoms with E-state index in [0.29, 0.717) is 5.69 Å². The van der Waals surface area contributed by atoms with Gasteiger partial charge in [0.05, 0.1) is 11.9 Å². The first-order chi connectivity index (χ1) is 5.66. The molecule has 0 saturated heterocycles. The van der Waals surface area contributed by atoms with E-state index in [1.54, 1.807) is 6.20 Å². The monoisotopic (exact) mass is 162 g/mol. The average molecular weight is 162 g/mol. The summed E-state index contributed by atoms with van der Waals surface area (Å²) in [6.07, 6.45) is 3.09. The highest BCUT2D eigenvalue weighted by atomic mass is 16.1. The number of aliphatic imine (C=N–C) groups is 1. The van der Waals surface area contributed by atoms with Crippen LogP contribution in [0.4, 0.5) is 5.69 Å². The van der Waals surface area contributed by atoms with Crippen LogP contribution in [0.1, 0.15) is 16.8 Å². The summed E-state index contributed by atoms with van der Waals surface area (Å²) in [7, 11) is 0. The van der Waals surface area contributed by atoms with E-state index < -0.39 is 0 Å². The Kier molecular flexibility index (Phi) is 2.36. The first kappa shape index (κ1) is 8.62. The summed E-state index contributed by atoms with van der Waals surface area (Å²) in [5.74, 6) is 0. The molecule has 0 atom stereocenters. The summed E-state index contributed by atoms with van der Waals surface area (Å²) in [6.45, 7) is 5.80. The zero-order chi connectivity index (χ0) is 9.14. The minimum Gasteiger partial charge on any atom is -0.259 e. The first-order valence-electron chi connectivity index (χ1n) is 3.67. The van der Waals surface area contributed by atoms with Crippen LogP contribution in [0.25, 0.3) is 0 Å². The highest BCUT2D eigenvalue weighted by Gasteiger charge is 2.02. The molecule has 0 aliphatic carbocycles. The van der Waals surface area contributed by atoms with Gasteiger partial charge in [-0.1, -0.05) is 0 Å². The van der Waals surface area contributed by atoms with Gasteiger partial charge in [0.15, 0.2) is 0 Å². The van der Waals surface area contributed by atoms with Gasteiger partial charge in [-0.15, -0.1) is 0 Å². The van der Waals surface area contributed by atoms with Crippen molar-refractivity contribution in [1.29, 1.82) is 0 Å². The number of carbonyl (C=O) groups excluding carboxylic acids is 1. The molecule has 62 valence electrons. The number of isocyanates is 1. The Labute approximate surface area is 71.2 Å². The van der Waals surface area contributed by atoms with Crippen molar-refractivity contribution >= 4 is 11.8 Å². The van der Waals surface area contributed by atoms with E-state index in [9.17, 15) is 4.79 Å². The second kappa shape index (κ2) is 3.28. The maximum atomic E-state index is 10.0. The predicted octanol–water partition coefficient (Wildman–Crippen LogP) is 1.97. The fourth-order valence-corrected chi connectivity index (χ4v) is 0.977. The Morgan fingerprint density at radius 1 is 1.33 bits per heavy atom. The summed E-state index contributed by atoms with van der Waals surface area (Å²) in [5, 5.41) is 0. The van der Waals surface area contributed by atoms with Crippen molar-refractivity contribution < 1.29 is 4.79 Å². The average Bonchev–Trinajstić information content (AvgIpc) is 2.07. The molecule has 0 spiro atoms. The third-order valence-electron chi connectivity index (χ3n) is 2.04. The third kappa shape index (κ3) is 1.41. The number of aromatic nitrogens is 1. The number of aryl methyl sites for hydroxylation is 1. The number of hydrogen-bond donors (Lipinski definition) is 0. The Hall–Kier alpha value is -1.47. The van der Waals surface area contributed by atoms with Crippen LogP contribution >= 0.6 is 0 Å². The molecule has 0 bridgehead atoms. The van der Waals surface area contributed by atoms with Crippen molar-refractivity contribution in [3.8, 4) is 0 Å². The lowest BCUT2D eigenvalue weighted by Gasteiger charge is -2.04. The zero-order valence-electron chi connectivity index (χ0n) is 7.38. The van der Waals surface area contributed by atoms with Crippen molar-refractivity contribution in [3.05, 3.63) is 23.0 Å². The molecule has 0 aromatic carbocycles. The van der Waals surface area contributed by atoms with E-state index in [4.69, 9.17) is 0 Å². The number of rotatable bonds is 1. The highest BCUT2D eigenvalue weighted by Crippen LogP contribution is 2.21. The Bertz CT molecular complexity index is 352. The lowest BCUT2D eigenvalue weighted by atomic mass is 10.1. The highest BCUT2D eigenvalue weighted by molar-refractivity contribution is 5.54. The molecule has 1 heterocycles. The van der Waals surface area contributed by atoms with Gasteiger partial charge >= 0.3 is 0 Å². The molecule has 1 rings (SSSR count). The fraction of sp³-hybridized carbons (Fsp3) is 0.333. The lowest BCUT2D eigenvalue weighted by Crippen LogP contribution is -1.90. The van der Waals surface area contributed by atoms with E-state index in [0.717, 1.165) is 16.8 Å². The molecule has 3 nitrogen and oxygen atoms in total. The number of hydrogen-bond acceptors (Lipinski definition) is 3. The van der Waals surface area contributed by atoms with Crippen molar-refractivity contribution in [2.75, 3.05) is 0 Å². The molecule has 1 aromatic rings. The van der Waals surface area contributed by atoms with E-state index >= 15 is 0 Å². The topological polar surface area (TPSA) is 42.3 Å². The Morgan fingerprint density at radius 2 is 2.00 bits per heavy atom. The van der Waals surface area contributed by atoms with Crippen LogP contribution in [0.5, 0.6) is 0 Å². The van der Waals surface area contributed by atoms with Crippen molar-refractivity contribution in [1.82, 2.24) is 4.98 Å². The largest absolute Gasteiger partial charge is 0.259 e. The van der Waals surface area contributed by atoms with Crippen LogP contribution in [0.3, 0.4) is 0 Å². The first-order valence-corrected chi connectivity index (χ1v) is 3.67. The normalized spacial score (nSPS) is 9.25. The SMILES string of the molecule is Cc1ncc(N=C=O)c(C)c1C. The second-order valence-corrected chi connectivity index (χ2v) is 2.68. The number of nitrogens with zero attached hydrogens (tertiary/aromatic N) is 2. The van der Waals surface area contributed by atoms with Gasteiger partial charge < -0.3 is 0 Å². The van der Waals surface area contributed by atoms with Crippen molar-refractivity contribution in [3.63, 3.8) is 0 Å². The molecule has 0 amide bonds. The van der Waals surface area contributed by atoms with Gasteiger partial charge in [-0.05, 0) is 31.9 Å². The minimum atomic E-state index is 0.605. The summed E-state index contributed by atoms with van der Waals surface area (Å²) in [5.41, 5.74) is 3.64. The molecule has 0 fully saturated rings. The molecule has 0 unspecified atom stereocenters. The molecular weight excluding hydrogens is 152 g/mol. The summed E-state index contributed by atoms with van der Waals surface area (Å²) >= 11 is 0. The van der Waals surface area contributed by atoms with E-state index in [-0.39, 0.29) is 0 Å². The predicted molar refractivity (Wildman–Crippen MR) is 46.2 cm³/mol. The summed E-state index contributed by atoms with van der Waals surface area (Å²) < 4.78 is 0. The molecule has 0 radical (unpaired) electrons. The van der Waals surface area contributed by atoms with Crippen LogP contribution in [0.2, 0.25) is 0 Å². The molecule has 0 saturated carbocycles. The molecule has 1 aromatic heterocycles. The maximum Gasteiger partial charge on any atom is 0.240 e. The van der Waals surface area contributed by atoms with Gasteiger partial charge in [-0.2, -0.15) is 4.99 Å². The molecule has 0 N–H and O–H groups in total. The smallest absolute Gasteiger partial charge is 0.240 e. The zero-order valence-corrected chi connectivity index (χ0v) is 7.38. The van der Waals surface area contributed by atoms with Gasteiger partial charge in [0, 0.05) is 5.69 Å².